The van der Waals surface area contributed by atoms with Gasteiger partial charge < -0.3 is 5.09 Å². The van der Waals surface area contributed by atoms with E-state index in [2.05, 4.69) is 123 Å². The molecular formula is C24H29LiN2P2. The van der Waals surface area contributed by atoms with Gasteiger partial charge in [-0.15, -0.1) is 14.3 Å². The molecule has 0 aromatic heterocycles. The predicted molar refractivity (Wildman–Crippen MR) is 128 cm³/mol. The van der Waals surface area contributed by atoms with E-state index in [0.717, 1.165) is 0 Å². The van der Waals surface area contributed by atoms with Gasteiger partial charge in [-0.05, 0) is 29.8 Å². The second-order valence-electron chi connectivity index (χ2n) is 7.23. The maximum absolute atomic E-state index is 5.25. The van der Waals surface area contributed by atoms with Crippen LogP contribution in [0.3, 0.4) is 0 Å². The minimum absolute atomic E-state index is 0. The Kier molecular flexibility index (Phi) is 10.1. The average Bonchev–Trinajstić information content (AvgIpc) is 2.72. The van der Waals surface area contributed by atoms with E-state index in [9.17, 15) is 0 Å². The molecule has 0 N–H and O–H groups in total. The molecular weight excluding hydrogens is 385 g/mol. The zero-order chi connectivity index (χ0) is 19.9. The van der Waals surface area contributed by atoms with E-state index in [4.69, 9.17) is 5.09 Å². The first-order chi connectivity index (χ1) is 13.6. The smallest absolute Gasteiger partial charge is 0.617 e. The first-order valence-corrected chi connectivity index (χ1v) is 12.4. The molecule has 0 spiro atoms. The fourth-order valence-corrected chi connectivity index (χ4v) is 8.75. The Balaban J connectivity index is 0.00000300. The van der Waals surface area contributed by atoms with E-state index in [1.807, 2.05) is 0 Å². The molecule has 0 aliphatic rings. The molecule has 1 atom stereocenters. The van der Waals surface area contributed by atoms with E-state index in [1.165, 1.54) is 15.9 Å². The molecule has 0 radical (unpaired) electrons. The van der Waals surface area contributed by atoms with Crippen LogP contribution >= 0.6 is 16.3 Å². The van der Waals surface area contributed by atoms with Crippen LogP contribution in [0.15, 0.2) is 91.0 Å². The second kappa shape index (κ2) is 12.0. The molecule has 0 heterocycles. The van der Waals surface area contributed by atoms with Gasteiger partial charge in [-0.25, -0.2) is 0 Å². The Labute approximate surface area is 191 Å². The van der Waals surface area contributed by atoms with Crippen molar-refractivity contribution in [3.8, 4) is 0 Å². The van der Waals surface area contributed by atoms with E-state index in [1.54, 1.807) is 0 Å². The van der Waals surface area contributed by atoms with Crippen molar-refractivity contribution in [1.29, 1.82) is 0 Å². The van der Waals surface area contributed by atoms with Crippen LogP contribution < -0.4 is 34.8 Å². The SMILES string of the molecule is CC(C)[N-]P(c1ccccc1)N(C(C)C)P(c1ccccc1)c1ccccc1.[Li+]. The maximum atomic E-state index is 5.25. The van der Waals surface area contributed by atoms with Crippen LogP contribution in [0.1, 0.15) is 27.7 Å². The summed E-state index contributed by atoms with van der Waals surface area (Å²) in [7, 11) is -1.48. The van der Waals surface area contributed by atoms with Gasteiger partial charge >= 0.3 is 18.9 Å². The summed E-state index contributed by atoms with van der Waals surface area (Å²) < 4.78 is 2.67. The Hall–Kier alpha value is -0.963. The van der Waals surface area contributed by atoms with Gasteiger partial charge in [0, 0.05) is 14.1 Å². The van der Waals surface area contributed by atoms with Gasteiger partial charge in [0.05, 0.1) is 0 Å². The zero-order valence-electron chi connectivity index (χ0n) is 18.1. The van der Waals surface area contributed by atoms with E-state index >= 15 is 0 Å². The number of rotatable bonds is 8. The number of nitrogens with zero attached hydrogens (tertiary/aromatic N) is 2. The monoisotopic (exact) mass is 414 g/mol. The summed E-state index contributed by atoms with van der Waals surface area (Å²) in [6.45, 7) is 8.97. The van der Waals surface area contributed by atoms with Gasteiger partial charge in [0.2, 0.25) is 0 Å². The third-order valence-corrected chi connectivity index (χ3v) is 9.97. The third kappa shape index (κ3) is 6.51. The van der Waals surface area contributed by atoms with Gasteiger partial charge in [-0.1, -0.05) is 105 Å². The van der Waals surface area contributed by atoms with Crippen LogP contribution in [0.25, 0.3) is 5.09 Å². The summed E-state index contributed by atoms with van der Waals surface area (Å²) in [5.41, 5.74) is 0. The van der Waals surface area contributed by atoms with E-state index in [-0.39, 0.29) is 24.9 Å². The van der Waals surface area contributed by atoms with Crippen molar-refractivity contribution >= 4 is 32.2 Å². The molecule has 0 aliphatic heterocycles. The Bertz CT molecular complexity index is 790. The van der Waals surface area contributed by atoms with Crippen molar-refractivity contribution in [1.82, 2.24) is 4.44 Å². The van der Waals surface area contributed by atoms with Crippen LogP contribution in [0.5, 0.6) is 0 Å². The number of benzene rings is 3. The standard InChI is InChI=1S/C24H29N2P2.Li/c1-20(2)25-28(24-18-12-7-13-19-24)26(21(3)4)27(22-14-8-5-9-15-22)23-16-10-6-11-17-23;/h5-21H,1-4H3;/q-1;+1. The number of hydrogen-bond donors (Lipinski definition) is 0. The first kappa shape index (κ1) is 24.3. The molecule has 0 bridgehead atoms. The van der Waals surface area contributed by atoms with Gasteiger partial charge in [0.25, 0.3) is 0 Å². The van der Waals surface area contributed by atoms with Crippen molar-refractivity contribution in [2.75, 3.05) is 0 Å². The molecule has 0 fully saturated rings. The van der Waals surface area contributed by atoms with Crippen molar-refractivity contribution in [3.63, 3.8) is 0 Å². The van der Waals surface area contributed by atoms with Crippen LogP contribution in [0.2, 0.25) is 0 Å². The Morgan fingerprint density at radius 3 is 1.34 bits per heavy atom. The summed E-state index contributed by atoms with van der Waals surface area (Å²) in [6.07, 6.45) is 0. The number of hydrogen-bond acceptors (Lipinski definition) is 1. The topological polar surface area (TPSA) is 17.3 Å². The third-order valence-electron chi connectivity index (χ3n) is 4.19. The summed E-state index contributed by atoms with van der Waals surface area (Å²) >= 11 is 0. The van der Waals surface area contributed by atoms with E-state index < -0.39 is 16.3 Å². The van der Waals surface area contributed by atoms with Crippen LogP contribution in [0, 0.1) is 0 Å². The molecule has 5 heteroatoms. The summed E-state index contributed by atoms with van der Waals surface area (Å²) in [5.74, 6) is 0. The summed E-state index contributed by atoms with van der Waals surface area (Å²) in [4.78, 5) is 0. The van der Waals surface area contributed by atoms with Crippen LogP contribution in [-0.2, 0) is 0 Å². The predicted octanol–water partition coefficient (Wildman–Crippen LogP) is 3.17. The van der Waals surface area contributed by atoms with Gasteiger partial charge in [-0.2, -0.15) is 0 Å². The molecule has 0 amide bonds. The van der Waals surface area contributed by atoms with Crippen LogP contribution in [0.4, 0.5) is 0 Å². The second-order valence-corrected chi connectivity index (χ2v) is 11.4. The molecule has 2 nitrogen and oxygen atoms in total. The Morgan fingerprint density at radius 2 is 1.00 bits per heavy atom. The molecule has 3 aromatic carbocycles. The van der Waals surface area contributed by atoms with Crippen molar-refractivity contribution < 1.29 is 18.9 Å². The summed E-state index contributed by atoms with van der Waals surface area (Å²) in [6, 6.07) is 33.3. The molecule has 1 unspecified atom stereocenters. The molecule has 146 valence electrons. The van der Waals surface area contributed by atoms with Crippen molar-refractivity contribution in [2.24, 2.45) is 0 Å². The molecule has 0 saturated heterocycles. The van der Waals surface area contributed by atoms with Crippen molar-refractivity contribution in [2.45, 2.75) is 39.8 Å². The molecule has 0 aliphatic carbocycles. The molecule has 0 saturated carbocycles. The quantitative estimate of drug-likeness (QED) is 0.409. The maximum Gasteiger partial charge on any atom is 1.00 e. The fraction of sp³-hybridized carbons (Fsp3) is 0.250. The first-order valence-electron chi connectivity index (χ1n) is 9.83. The minimum Gasteiger partial charge on any atom is -0.617 e. The molecule has 3 rings (SSSR count). The van der Waals surface area contributed by atoms with E-state index in [0.29, 0.717) is 6.04 Å². The zero-order valence-corrected chi connectivity index (χ0v) is 19.9. The normalized spacial score (nSPS) is 12.4. The molecule has 29 heavy (non-hydrogen) atoms. The largest absolute Gasteiger partial charge is 1.00 e. The average molecular weight is 414 g/mol. The summed E-state index contributed by atoms with van der Waals surface area (Å²) in [5, 5.41) is 9.32. The fourth-order valence-electron chi connectivity index (χ4n) is 3.08. The van der Waals surface area contributed by atoms with Gasteiger partial charge in [0.15, 0.2) is 0 Å². The molecule has 3 aromatic rings. The Morgan fingerprint density at radius 1 is 0.621 bits per heavy atom. The van der Waals surface area contributed by atoms with Gasteiger partial charge in [0.1, 0.15) is 0 Å². The van der Waals surface area contributed by atoms with Gasteiger partial charge in [-0.3, -0.25) is 4.44 Å². The minimum atomic E-state index is -0.798. The van der Waals surface area contributed by atoms with Crippen molar-refractivity contribution in [3.05, 3.63) is 96.1 Å². The van der Waals surface area contributed by atoms with Crippen LogP contribution in [-0.4, -0.2) is 16.5 Å².